The van der Waals surface area contributed by atoms with Crippen LogP contribution >= 0.6 is 0 Å². The topological polar surface area (TPSA) is 68.2 Å². The van der Waals surface area contributed by atoms with E-state index < -0.39 is 5.54 Å². The van der Waals surface area contributed by atoms with Crippen molar-refractivity contribution in [2.24, 2.45) is 5.92 Å². The SMILES string of the molecule is CNCC1CCN(CC(=O)NC2(C#N)CCCC2)C1. The van der Waals surface area contributed by atoms with Crippen molar-refractivity contribution in [3.8, 4) is 6.07 Å². The average molecular weight is 264 g/mol. The molecule has 1 saturated carbocycles. The van der Waals surface area contributed by atoms with Gasteiger partial charge in [0.1, 0.15) is 5.54 Å². The van der Waals surface area contributed by atoms with Gasteiger partial charge in [-0.3, -0.25) is 9.69 Å². The van der Waals surface area contributed by atoms with Gasteiger partial charge >= 0.3 is 0 Å². The Labute approximate surface area is 115 Å². The lowest BCUT2D eigenvalue weighted by Crippen LogP contribution is -2.48. The first-order chi connectivity index (χ1) is 9.17. The van der Waals surface area contributed by atoms with Crippen LogP contribution in [0.1, 0.15) is 32.1 Å². The van der Waals surface area contributed by atoms with Crippen molar-refractivity contribution >= 4 is 5.91 Å². The van der Waals surface area contributed by atoms with Gasteiger partial charge in [-0.05, 0) is 58.2 Å². The number of hydrogen-bond acceptors (Lipinski definition) is 4. The second kappa shape index (κ2) is 6.36. The standard InChI is InChI=1S/C14H24N4O/c1-16-8-12-4-7-18(9-12)10-13(19)17-14(11-15)5-2-3-6-14/h12,16H,2-10H2,1H3,(H,17,19). The van der Waals surface area contributed by atoms with E-state index in [0.29, 0.717) is 12.5 Å². The molecule has 106 valence electrons. The Morgan fingerprint density at radius 3 is 2.84 bits per heavy atom. The monoisotopic (exact) mass is 264 g/mol. The lowest BCUT2D eigenvalue weighted by atomic mass is 10.00. The van der Waals surface area contributed by atoms with E-state index in [0.717, 1.165) is 51.7 Å². The smallest absolute Gasteiger partial charge is 0.235 e. The molecule has 1 amide bonds. The molecule has 1 aliphatic heterocycles. The van der Waals surface area contributed by atoms with Crippen molar-refractivity contribution in [1.29, 1.82) is 5.26 Å². The van der Waals surface area contributed by atoms with Gasteiger partial charge in [0.15, 0.2) is 0 Å². The summed E-state index contributed by atoms with van der Waals surface area (Å²) < 4.78 is 0. The molecule has 2 fully saturated rings. The highest BCUT2D eigenvalue weighted by Crippen LogP contribution is 2.28. The van der Waals surface area contributed by atoms with Gasteiger partial charge in [-0.2, -0.15) is 5.26 Å². The molecule has 0 bridgehead atoms. The second-order valence-electron chi connectivity index (χ2n) is 5.90. The first-order valence-corrected chi connectivity index (χ1v) is 7.27. The van der Waals surface area contributed by atoms with E-state index in [2.05, 4.69) is 21.6 Å². The zero-order chi connectivity index (χ0) is 13.7. The number of rotatable bonds is 5. The Kier molecular flexibility index (Phi) is 4.78. The number of nitrogens with one attached hydrogen (secondary N) is 2. The summed E-state index contributed by atoms with van der Waals surface area (Å²) in [4.78, 5) is 14.3. The van der Waals surface area contributed by atoms with Crippen molar-refractivity contribution in [3.05, 3.63) is 0 Å². The maximum atomic E-state index is 12.1. The van der Waals surface area contributed by atoms with Gasteiger partial charge in [-0.1, -0.05) is 0 Å². The van der Waals surface area contributed by atoms with E-state index in [1.165, 1.54) is 0 Å². The highest BCUT2D eigenvalue weighted by Gasteiger charge is 2.36. The molecular formula is C14H24N4O. The molecule has 0 aromatic rings. The first-order valence-electron chi connectivity index (χ1n) is 7.27. The lowest BCUT2D eigenvalue weighted by Gasteiger charge is -2.24. The van der Waals surface area contributed by atoms with Gasteiger partial charge < -0.3 is 10.6 Å². The van der Waals surface area contributed by atoms with E-state index in [9.17, 15) is 10.1 Å². The predicted octanol–water partition coefficient (Wildman–Crippen LogP) is 0.480. The Balaban J connectivity index is 1.77. The van der Waals surface area contributed by atoms with E-state index in [-0.39, 0.29) is 5.91 Å². The molecule has 1 aliphatic carbocycles. The maximum Gasteiger partial charge on any atom is 0.235 e. The number of carbonyl (C=O) groups is 1. The molecule has 1 heterocycles. The zero-order valence-corrected chi connectivity index (χ0v) is 11.7. The number of nitrogens with zero attached hydrogens (tertiary/aromatic N) is 2. The largest absolute Gasteiger partial charge is 0.337 e. The Morgan fingerprint density at radius 1 is 1.47 bits per heavy atom. The maximum absolute atomic E-state index is 12.1. The van der Waals surface area contributed by atoms with E-state index in [1.54, 1.807) is 0 Å². The minimum absolute atomic E-state index is 0.00792. The molecule has 0 radical (unpaired) electrons. The molecule has 0 aromatic carbocycles. The molecule has 0 spiro atoms. The fourth-order valence-electron chi connectivity index (χ4n) is 3.26. The van der Waals surface area contributed by atoms with Crippen LogP contribution < -0.4 is 10.6 Å². The average Bonchev–Trinajstić information content (AvgIpc) is 3.00. The van der Waals surface area contributed by atoms with Crippen LogP contribution in [0.15, 0.2) is 0 Å². The van der Waals surface area contributed by atoms with Gasteiger partial charge in [-0.15, -0.1) is 0 Å². The molecule has 0 aromatic heterocycles. The van der Waals surface area contributed by atoms with Crippen LogP contribution in [-0.4, -0.2) is 49.6 Å². The fourth-order valence-corrected chi connectivity index (χ4v) is 3.26. The third-order valence-corrected chi connectivity index (χ3v) is 4.28. The highest BCUT2D eigenvalue weighted by atomic mass is 16.2. The van der Waals surface area contributed by atoms with Crippen LogP contribution in [0.2, 0.25) is 0 Å². The Morgan fingerprint density at radius 2 is 2.21 bits per heavy atom. The Hall–Kier alpha value is -1.12. The van der Waals surface area contributed by atoms with Gasteiger partial charge in [-0.25, -0.2) is 0 Å². The van der Waals surface area contributed by atoms with Crippen LogP contribution in [0.5, 0.6) is 0 Å². The molecule has 1 unspecified atom stereocenters. The molecule has 2 aliphatic rings. The summed E-state index contributed by atoms with van der Waals surface area (Å²) in [7, 11) is 1.96. The molecule has 1 atom stereocenters. The van der Waals surface area contributed by atoms with E-state index in [1.807, 2.05) is 7.05 Å². The van der Waals surface area contributed by atoms with Crippen LogP contribution in [0.25, 0.3) is 0 Å². The summed E-state index contributed by atoms with van der Waals surface area (Å²) >= 11 is 0. The minimum atomic E-state index is -0.582. The van der Waals surface area contributed by atoms with Crippen LogP contribution in [0, 0.1) is 17.2 Å². The number of nitriles is 1. The summed E-state index contributed by atoms with van der Waals surface area (Å²) in [6, 6.07) is 2.30. The molecule has 5 heteroatoms. The van der Waals surface area contributed by atoms with Crippen molar-refractivity contribution in [3.63, 3.8) is 0 Å². The van der Waals surface area contributed by atoms with Crippen molar-refractivity contribution in [2.45, 2.75) is 37.6 Å². The molecule has 5 nitrogen and oxygen atoms in total. The molecular weight excluding hydrogens is 240 g/mol. The third kappa shape index (κ3) is 3.68. The Bertz CT molecular complexity index is 357. The predicted molar refractivity (Wildman–Crippen MR) is 73.4 cm³/mol. The van der Waals surface area contributed by atoms with E-state index >= 15 is 0 Å². The normalized spacial score (nSPS) is 26.2. The summed E-state index contributed by atoms with van der Waals surface area (Å²) in [5, 5.41) is 15.4. The fraction of sp³-hybridized carbons (Fsp3) is 0.857. The first kappa shape index (κ1) is 14.3. The summed E-state index contributed by atoms with van der Waals surface area (Å²) in [5.74, 6) is 0.655. The van der Waals surface area contributed by atoms with Crippen molar-refractivity contribution in [1.82, 2.24) is 15.5 Å². The minimum Gasteiger partial charge on any atom is -0.337 e. The molecule has 1 saturated heterocycles. The number of likely N-dealkylation sites (tertiary alicyclic amines) is 1. The van der Waals surface area contributed by atoms with E-state index in [4.69, 9.17) is 0 Å². The van der Waals surface area contributed by atoms with Gasteiger partial charge in [0.25, 0.3) is 0 Å². The van der Waals surface area contributed by atoms with Crippen molar-refractivity contribution in [2.75, 3.05) is 33.2 Å². The van der Waals surface area contributed by atoms with Gasteiger partial charge in [0.2, 0.25) is 5.91 Å². The highest BCUT2D eigenvalue weighted by molar-refractivity contribution is 5.79. The summed E-state index contributed by atoms with van der Waals surface area (Å²) in [5.41, 5.74) is -0.582. The summed E-state index contributed by atoms with van der Waals surface area (Å²) in [6.07, 6.45) is 4.84. The zero-order valence-electron chi connectivity index (χ0n) is 11.7. The number of hydrogen-bond donors (Lipinski definition) is 2. The van der Waals surface area contributed by atoms with Crippen LogP contribution in [0.4, 0.5) is 0 Å². The second-order valence-corrected chi connectivity index (χ2v) is 5.90. The number of carbonyl (C=O) groups excluding carboxylic acids is 1. The molecule has 2 N–H and O–H groups in total. The molecule has 19 heavy (non-hydrogen) atoms. The van der Waals surface area contributed by atoms with Gasteiger partial charge in [0.05, 0.1) is 12.6 Å². The van der Waals surface area contributed by atoms with Crippen LogP contribution in [-0.2, 0) is 4.79 Å². The number of amides is 1. The quantitative estimate of drug-likeness (QED) is 0.758. The summed E-state index contributed by atoms with van der Waals surface area (Å²) in [6.45, 7) is 3.41. The third-order valence-electron chi connectivity index (χ3n) is 4.28. The lowest BCUT2D eigenvalue weighted by molar-refractivity contribution is -0.123. The van der Waals surface area contributed by atoms with Gasteiger partial charge in [0, 0.05) is 6.54 Å². The van der Waals surface area contributed by atoms with Crippen molar-refractivity contribution < 1.29 is 4.79 Å². The molecule has 2 rings (SSSR count). The van der Waals surface area contributed by atoms with Crippen LogP contribution in [0.3, 0.4) is 0 Å².